The van der Waals surface area contributed by atoms with Gasteiger partial charge in [0.05, 0.1) is 3.39 Å². The average molecular weight is 312 g/mol. The van der Waals surface area contributed by atoms with Crippen molar-refractivity contribution in [2.75, 3.05) is 0 Å². The number of hydrogen-bond donors (Lipinski definition) is 0. The highest BCUT2D eigenvalue weighted by Crippen LogP contribution is 2.33. The summed E-state index contributed by atoms with van der Waals surface area (Å²) < 4.78 is 1.11. The van der Waals surface area contributed by atoms with Gasteiger partial charge in [0.15, 0.2) is 0 Å². The maximum atomic E-state index is 3.38. The van der Waals surface area contributed by atoms with Crippen LogP contribution < -0.4 is 0 Å². The third kappa shape index (κ3) is 7.75. The summed E-state index contributed by atoms with van der Waals surface area (Å²) in [7, 11) is 0. The maximum Gasteiger partial charge on any atom is 0.0567 e. The Morgan fingerprint density at radius 3 is 2.15 bits per heavy atom. The van der Waals surface area contributed by atoms with E-state index in [1.165, 1.54) is 25.7 Å². The molecule has 1 saturated carbocycles. The first-order valence-electron chi connectivity index (χ1n) is 5.12. The van der Waals surface area contributed by atoms with Gasteiger partial charge in [-0.1, -0.05) is 39.7 Å². The van der Waals surface area contributed by atoms with E-state index < -0.39 is 0 Å². The number of hydrogen-bond acceptors (Lipinski definition) is 0. The molecule has 0 radical (unpaired) electrons. The van der Waals surface area contributed by atoms with Gasteiger partial charge in [-0.3, -0.25) is 0 Å². The minimum absolute atomic E-state index is 0.809. The zero-order chi connectivity index (χ0) is 10.3. The molecule has 2 heteroatoms. The molecule has 0 bridgehead atoms. The summed E-state index contributed by atoms with van der Waals surface area (Å²) in [5.41, 5.74) is 0. The van der Waals surface area contributed by atoms with Crippen LogP contribution in [0.3, 0.4) is 0 Å². The Labute approximate surface area is 99.4 Å². The fraction of sp³-hybridized carbons (Fsp3) is 0.818. The maximum absolute atomic E-state index is 3.38. The Balaban J connectivity index is 0.000000424. The molecule has 1 rings (SSSR count). The summed E-state index contributed by atoms with van der Waals surface area (Å²) in [6, 6.07) is 0. The van der Waals surface area contributed by atoms with Gasteiger partial charge in [0.25, 0.3) is 0 Å². The first-order chi connectivity index (χ1) is 6.10. The van der Waals surface area contributed by atoms with Gasteiger partial charge in [-0.2, -0.15) is 0 Å². The van der Waals surface area contributed by atoms with Crippen molar-refractivity contribution < 1.29 is 0 Å². The molecule has 0 unspecified atom stereocenters. The summed E-state index contributed by atoms with van der Waals surface area (Å²) in [4.78, 5) is 0. The van der Waals surface area contributed by atoms with E-state index in [1.54, 1.807) is 0 Å². The van der Waals surface area contributed by atoms with Crippen molar-refractivity contribution in [3.05, 3.63) is 9.47 Å². The number of allylic oxidation sites excluding steroid dienone is 1. The summed E-state index contributed by atoms with van der Waals surface area (Å²) in [5, 5.41) is 0. The summed E-state index contributed by atoms with van der Waals surface area (Å²) >= 11 is 6.76. The van der Waals surface area contributed by atoms with Gasteiger partial charge in [0.1, 0.15) is 0 Å². The van der Waals surface area contributed by atoms with Crippen LogP contribution in [0.5, 0.6) is 0 Å². The first-order valence-corrected chi connectivity index (χ1v) is 6.71. The van der Waals surface area contributed by atoms with Gasteiger partial charge >= 0.3 is 0 Å². The monoisotopic (exact) mass is 310 g/mol. The van der Waals surface area contributed by atoms with E-state index in [9.17, 15) is 0 Å². The second-order valence-corrected chi connectivity index (χ2v) is 6.61. The average Bonchev–Trinajstić information content (AvgIpc) is 2.35. The predicted octanol–water partition coefficient (Wildman–Crippen LogP) is 5.47. The third-order valence-electron chi connectivity index (χ3n) is 2.10. The molecule has 1 aliphatic rings. The zero-order valence-corrected chi connectivity index (χ0v) is 12.0. The molecule has 13 heavy (non-hydrogen) atoms. The molecule has 1 aliphatic carbocycles. The van der Waals surface area contributed by atoms with Crippen molar-refractivity contribution in [2.45, 2.75) is 46.5 Å². The molecular formula is C11H20Br2. The Morgan fingerprint density at radius 1 is 1.31 bits per heavy atom. The summed E-state index contributed by atoms with van der Waals surface area (Å²) in [6.45, 7) is 6.58. The van der Waals surface area contributed by atoms with Gasteiger partial charge in [0.2, 0.25) is 0 Å². The van der Waals surface area contributed by atoms with E-state index in [0.29, 0.717) is 0 Å². The smallest absolute Gasteiger partial charge is 0.0567 e. The Kier molecular flexibility index (Phi) is 8.48. The highest BCUT2D eigenvalue weighted by Gasteiger charge is 2.18. The predicted molar refractivity (Wildman–Crippen MR) is 68.4 cm³/mol. The van der Waals surface area contributed by atoms with Crippen molar-refractivity contribution in [1.29, 1.82) is 0 Å². The van der Waals surface area contributed by atoms with Crippen LogP contribution in [0.2, 0.25) is 0 Å². The van der Waals surface area contributed by atoms with E-state index in [2.05, 4.69) is 58.7 Å². The number of rotatable bonds is 1. The SMILES string of the molecule is CCC.C[C@H]1CC[C@@H](C=C(Br)Br)C1. The van der Waals surface area contributed by atoms with Gasteiger partial charge in [-0.05, 0) is 56.5 Å². The highest BCUT2D eigenvalue weighted by molar-refractivity contribution is 9.28. The van der Waals surface area contributed by atoms with Crippen LogP contribution in [0, 0.1) is 11.8 Å². The second kappa shape index (κ2) is 8.05. The Morgan fingerprint density at radius 2 is 1.85 bits per heavy atom. The van der Waals surface area contributed by atoms with E-state index in [0.717, 1.165) is 15.2 Å². The third-order valence-corrected chi connectivity index (χ3v) is 2.63. The molecule has 2 atom stereocenters. The van der Waals surface area contributed by atoms with Gasteiger partial charge in [-0.25, -0.2) is 0 Å². The normalized spacial score (nSPS) is 26.2. The van der Waals surface area contributed by atoms with Crippen LogP contribution in [-0.4, -0.2) is 0 Å². The van der Waals surface area contributed by atoms with Crippen molar-refractivity contribution in [1.82, 2.24) is 0 Å². The van der Waals surface area contributed by atoms with Crippen molar-refractivity contribution in [3.8, 4) is 0 Å². The van der Waals surface area contributed by atoms with Gasteiger partial charge < -0.3 is 0 Å². The molecule has 0 nitrogen and oxygen atoms in total. The lowest BCUT2D eigenvalue weighted by Crippen LogP contribution is -1.88. The van der Waals surface area contributed by atoms with Crippen LogP contribution in [0.15, 0.2) is 9.47 Å². The molecule has 0 aliphatic heterocycles. The van der Waals surface area contributed by atoms with Gasteiger partial charge in [0, 0.05) is 0 Å². The van der Waals surface area contributed by atoms with Crippen LogP contribution >= 0.6 is 31.9 Å². The summed E-state index contributed by atoms with van der Waals surface area (Å²) in [6.07, 6.45) is 7.64. The molecule has 0 saturated heterocycles. The van der Waals surface area contributed by atoms with E-state index >= 15 is 0 Å². The van der Waals surface area contributed by atoms with Crippen LogP contribution in [0.25, 0.3) is 0 Å². The minimum atomic E-state index is 0.809. The van der Waals surface area contributed by atoms with E-state index in [4.69, 9.17) is 0 Å². The molecule has 0 aromatic rings. The van der Waals surface area contributed by atoms with E-state index in [1.807, 2.05) is 0 Å². The standard InChI is InChI=1S/C8H12Br2.C3H8/c1-6-2-3-7(4-6)5-8(9)10;1-3-2/h5-7H,2-4H2,1H3;3H2,1-2H3/t6-,7+;/m0./s1. The second-order valence-electron chi connectivity index (χ2n) is 3.84. The molecule has 0 aromatic carbocycles. The van der Waals surface area contributed by atoms with Crippen molar-refractivity contribution >= 4 is 31.9 Å². The molecule has 0 spiro atoms. The Hall–Kier alpha value is 0.700. The van der Waals surface area contributed by atoms with Crippen LogP contribution in [-0.2, 0) is 0 Å². The molecule has 1 fully saturated rings. The van der Waals surface area contributed by atoms with Gasteiger partial charge in [-0.15, -0.1) is 0 Å². The van der Waals surface area contributed by atoms with Crippen LogP contribution in [0.1, 0.15) is 46.5 Å². The molecular weight excluding hydrogens is 292 g/mol. The number of halogens is 2. The quantitative estimate of drug-likeness (QED) is 0.602. The largest absolute Gasteiger partial charge is 0.0656 e. The van der Waals surface area contributed by atoms with E-state index in [-0.39, 0.29) is 0 Å². The molecule has 0 N–H and O–H groups in total. The highest BCUT2D eigenvalue weighted by atomic mass is 79.9. The van der Waals surface area contributed by atoms with Crippen molar-refractivity contribution in [2.24, 2.45) is 11.8 Å². The lowest BCUT2D eigenvalue weighted by atomic mass is 10.1. The topological polar surface area (TPSA) is 0 Å². The zero-order valence-electron chi connectivity index (χ0n) is 8.82. The molecule has 0 heterocycles. The van der Waals surface area contributed by atoms with Crippen molar-refractivity contribution in [3.63, 3.8) is 0 Å². The summed E-state index contributed by atoms with van der Waals surface area (Å²) in [5.74, 6) is 1.74. The molecule has 0 amide bonds. The molecule has 78 valence electrons. The fourth-order valence-electron chi connectivity index (χ4n) is 1.58. The lowest BCUT2D eigenvalue weighted by Gasteiger charge is -2.00. The minimum Gasteiger partial charge on any atom is -0.0656 e. The fourth-order valence-corrected chi connectivity index (χ4v) is 2.33. The Bertz CT molecular complexity index is 148. The molecule has 0 aromatic heterocycles. The first kappa shape index (κ1) is 13.7. The lowest BCUT2D eigenvalue weighted by molar-refractivity contribution is 0.586. The van der Waals surface area contributed by atoms with Crippen LogP contribution in [0.4, 0.5) is 0 Å².